The Labute approximate surface area is 99.9 Å². The Kier molecular flexibility index (Phi) is 3.11. The molecule has 0 aliphatic heterocycles. The second-order valence-electron chi connectivity index (χ2n) is 3.15. The number of aromatic carboxylic acids is 1. The average Bonchev–Trinajstić information content (AvgIpc) is 2.85. The molecule has 0 aliphatic carbocycles. The van der Waals surface area contributed by atoms with Gasteiger partial charge >= 0.3 is 5.97 Å². The van der Waals surface area contributed by atoms with Crippen LogP contribution in [0.25, 0.3) is 5.13 Å². The van der Waals surface area contributed by atoms with Crippen LogP contribution in [0.5, 0.6) is 0 Å². The van der Waals surface area contributed by atoms with Crippen molar-refractivity contribution in [2.45, 2.75) is 13.5 Å². The first-order valence-corrected chi connectivity index (χ1v) is 5.42. The van der Waals surface area contributed by atoms with E-state index in [0.717, 1.165) is 0 Å². The topological polar surface area (TPSA) is 103 Å². The zero-order valence-electron chi connectivity index (χ0n) is 9.12. The predicted molar refractivity (Wildman–Crippen MR) is 57.2 cm³/mol. The number of hydrogen-bond donors (Lipinski definition) is 1. The van der Waals surface area contributed by atoms with E-state index in [9.17, 15) is 4.79 Å². The lowest BCUT2D eigenvalue weighted by molar-refractivity contribution is 0.0689. The minimum absolute atomic E-state index is 0.0894. The van der Waals surface area contributed by atoms with Gasteiger partial charge in [-0.25, -0.2) is 4.79 Å². The molecule has 0 bridgehead atoms. The van der Waals surface area contributed by atoms with Crippen LogP contribution < -0.4 is 0 Å². The highest BCUT2D eigenvalue weighted by atomic mass is 32.1. The van der Waals surface area contributed by atoms with Gasteiger partial charge in [-0.3, -0.25) is 0 Å². The van der Waals surface area contributed by atoms with Gasteiger partial charge in [-0.2, -0.15) is 4.68 Å². The second-order valence-corrected chi connectivity index (χ2v) is 4.19. The zero-order valence-corrected chi connectivity index (χ0v) is 9.93. The third-order valence-electron chi connectivity index (χ3n) is 2.00. The maximum Gasteiger partial charge on any atom is 0.358 e. The van der Waals surface area contributed by atoms with Crippen molar-refractivity contribution in [1.82, 2.24) is 25.2 Å². The smallest absolute Gasteiger partial charge is 0.358 e. The van der Waals surface area contributed by atoms with Gasteiger partial charge in [0.15, 0.2) is 5.69 Å². The Balaban J connectivity index is 2.36. The van der Waals surface area contributed by atoms with E-state index in [1.165, 1.54) is 16.0 Å². The maximum absolute atomic E-state index is 10.8. The van der Waals surface area contributed by atoms with Crippen LogP contribution in [0.2, 0.25) is 0 Å². The molecule has 2 rings (SSSR count). The lowest BCUT2D eigenvalue weighted by Crippen LogP contribution is -2.02. The molecular formula is C8H9N5O3S. The van der Waals surface area contributed by atoms with Gasteiger partial charge in [0.2, 0.25) is 5.13 Å². The number of carboxylic acids is 1. The average molecular weight is 255 g/mol. The van der Waals surface area contributed by atoms with Crippen LogP contribution in [-0.4, -0.2) is 43.4 Å². The molecule has 0 amide bonds. The summed E-state index contributed by atoms with van der Waals surface area (Å²) in [5.41, 5.74) is 0.325. The number of carbonyl (C=O) groups is 1. The fourth-order valence-electron chi connectivity index (χ4n) is 1.22. The molecule has 9 heteroatoms. The van der Waals surface area contributed by atoms with Crippen LogP contribution in [0.4, 0.5) is 0 Å². The Bertz CT molecular complexity index is 549. The number of nitrogens with zero attached hydrogens (tertiary/aromatic N) is 5. The van der Waals surface area contributed by atoms with Crippen LogP contribution in [0.15, 0.2) is 0 Å². The lowest BCUT2D eigenvalue weighted by Gasteiger charge is -1.95. The van der Waals surface area contributed by atoms with Gasteiger partial charge in [0.25, 0.3) is 0 Å². The summed E-state index contributed by atoms with van der Waals surface area (Å²) < 4.78 is 6.27. The number of aromatic nitrogens is 5. The molecule has 0 unspecified atom stereocenters. The second kappa shape index (κ2) is 4.55. The van der Waals surface area contributed by atoms with Crippen molar-refractivity contribution in [2.75, 3.05) is 7.11 Å². The van der Waals surface area contributed by atoms with Crippen LogP contribution in [-0.2, 0) is 11.3 Å². The zero-order chi connectivity index (χ0) is 12.4. The molecule has 0 saturated carbocycles. The summed E-state index contributed by atoms with van der Waals surface area (Å²) in [6.07, 6.45) is 0. The van der Waals surface area contributed by atoms with Gasteiger partial charge in [-0.1, -0.05) is 16.6 Å². The summed E-state index contributed by atoms with van der Waals surface area (Å²) >= 11 is 1.27. The molecule has 0 aromatic carbocycles. The van der Waals surface area contributed by atoms with E-state index in [1.54, 1.807) is 14.0 Å². The lowest BCUT2D eigenvalue weighted by atomic mass is 10.3. The van der Waals surface area contributed by atoms with E-state index >= 15 is 0 Å². The van der Waals surface area contributed by atoms with Crippen LogP contribution in [0, 0.1) is 6.92 Å². The van der Waals surface area contributed by atoms with Gasteiger partial charge in [0, 0.05) is 7.11 Å². The van der Waals surface area contributed by atoms with E-state index in [1.807, 2.05) is 0 Å². The summed E-state index contributed by atoms with van der Waals surface area (Å²) in [4.78, 5) is 10.8. The molecule has 2 heterocycles. The van der Waals surface area contributed by atoms with E-state index < -0.39 is 5.97 Å². The van der Waals surface area contributed by atoms with E-state index in [0.29, 0.717) is 22.4 Å². The molecule has 0 saturated heterocycles. The highest BCUT2D eigenvalue weighted by molar-refractivity contribution is 7.13. The van der Waals surface area contributed by atoms with E-state index in [2.05, 4.69) is 20.5 Å². The molecule has 1 N–H and O–H groups in total. The Morgan fingerprint density at radius 3 is 2.82 bits per heavy atom. The van der Waals surface area contributed by atoms with Gasteiger partial charge in [0.1, 0.15) is 11.6 Å². The van der Waals surface area contributed by atoms with Crippen molar-refractivity contribution >= 4 is 17.3 Å². The predicted octanol–water partition coefficient (Wildman–Crippen LogP) is 0.272. The summed E-state index contributed by atoms with van der Waals surface area (Å²) in [7, 11) is 1.56. The summed E-state index contributed by atoms with van der Waals surface area (Å²) in [6.45, 7) is 1.97. The van der Waals surface area contributed by atoms with Gasteiger partial charge < -0.3 is 9.84 Å². The monoisotopic (exact) mass is 255 g/mol. The third-order valence-corrected chi connectivity index (χ3v) is 2.87. The van der Waals surface area contributed by atoms with Crippen molar-refractivity contribution in [3.63, 3.8) is 0 Å². The minimum atomic E-state index is -1.12. The first-order valence-electron chi connectivity index (χ1n) is 4.60. The minimum Gasteiger partial charge on any atom is -0.476 e. The molecule has 0 aliphatic rings. The number of methoxy groups -OCH3 is 1. The van der Waals surface area contributed by atoms with Crippen LogP contribution in [0.3, 0.4) is 0 Å². The van der Waals surface area contributed by atoms with Crippen molar-refractivity contribution in [3.8, 4) is 5.13 Å². The molecule has 17 heavy (non-hydrogen) atoms. The number of rotatable bonds is 4. The normalized spacial score (nSPS) is 10.7. The first kappa shape index (κ1) is 11.6. The molecular weight excluding hydrogens is 246 g/mol. The number of ether oxygens (including phenoxy) is 1. The van der Waals surface area contributed by atoms with E-state index in [-0.39, 0.29) is 5.69 Å². The quantitative estimate of drug-likeness (QED) is 0.836. The first-order chi connectivity index (χ1) is 8.13. The molecule has 2 aromatic rings. The summed E-state index contributed by atoms with van der Waals surface area (Å²) in [5, 5.41) is 25.1. The fraction of sp³-hybridized carbons (Fsp3) is 0.375. The molecule has 0 spiro atoms. The van der Waals surface area contributed by atoms with Gasteiger partial charge in [-0.15, -0.1) is 15.3 Å². The number of hydrogen-bond acceptors (Lipinski definition) is 7. The molecule has 0 atom stereocenters. The highest BCUT2D eigenvalue weighted by Crippen LogP contribution is 2.17. The SMILES string of the molecule is COCc1nnc(-n2nnc(C(=O)O)c2C)s1. The largest absolute Gasteiger partial charge is 0.476 e. The Morgan fingerprint density at radius 2 is 2.24 bits per heavy atom. The Hall–Kier alpha value is -1.87. The van der Waals surface area contributed by atoms with Crippen molar-refractivity contribution in [3.05, 3.63) is 16.4 Å². The van der Waals surface area contributed by atoms with Crippen molar-refractivity contribution < 1.29 is 14.6 Å². The molecule has 0 fully saturated rings. The fourth-order valence-corrected chi connectivity index (χ4v) is 2.03. The summed E-state index contributed by atoms with van der Waals surface area (Å²) in [6, 6.07) is 0. The van der Waals surface area contributed by atoms with Crippen LogP contribution >= 0.6 is 11.3 Å². The van der Waals surface area contributed by atoms with Gasteiger partial charge in [-0.05, 0) is 6.92 Å². The molecule has 2 aromatic heterocycles. The van der Waals surface area contributed by atoms with E-state index in [4.69, 9.17) is 9.84 Å². The number of carboxylic acid groups (broad SMARTS) is 1. The molecule has 90 valence electrons. The highest BCUT2D eigenvalue weighted by Gasteiger charge is 2.18. The van der Waals surface area contributed by atoms with Crippen molar-refractivity contribution in [1.29, 1.82) is 0 Å². The molecule has 8 nitrogen and oxygen atoms in total. The standard InChI is InChI=1S/C8H9N5O3S/c1-4-6(7(14)15)10-12-13(4)8-11-9-5(17-8)3-16-2/h3H2,1-2H3,(H,14,15). The molecule has 0 radical (unpaired) electrons. The third kappa shape index (κ3) is 2.15. The van der Waals surface area contributed by atoms with Gasteiger partial charge in [0.05, 0.1) is 5.69 Å². The van der Waals surface area contributed by atoms with Crippen molar-refractivity contribution in [2.24, 2.45) is 0 Å². The summed E-state index contributed by atoms with van der Waals surface area (Å²) in [5.74, 6) is -1.12. The van der Waals surface area contributed by atoms with Crippen LogP contribution in [0.1, 0.15) is 21.2 Å². The Morgan fingerprint density at radius 1 is 1.47 bits per heavy atom. The maximum atomic E-state index is 10.8.